The molecule has 0 saturated heterocycles. The second kappa shape index (κ2) is 11.6. The molecule has 0 fully saturated rings. The molecular formula is C19H26FIN4O2. The van der Waals surface area contributed by atoms with Crippen LogP contribution in [0.4, 0.5) is 10.1 Å². The van der Waals surface area contributed by atoms with Crippen LogP contribution in [0.15, 0.2) is 47.5 Å². The van der Waals surface area contributed by atoms with Crippen molar-refractivity contribution in [2.24, 2.45) is 10.7 Å². The molecule has 0 bridgehead atoms. The molecule has 0 amide bonds. The van der Waals surface area contributed by atoms with Gasteiger partial charge in [0.25, 0.3) is 0 Å². The Morgan fingerprint density at radius 3 is 2.48 bits per heavy atom. The van der Waals surface area contributed by atoms with Crippen LogP contribution in [0, 0.1) is 5.82 Å². The number of hydrogen-bond acceptors (Lipinski definition) is 4. The monoisotopic (exact) mass is 488 g/mol. The predicted molar refractivity (Wildman–Crippen MR) is 118 cm³/mol. The molecule has 0 aliphatic carbocycles. The number of nitrogens with two attached hydrogens (primary N) is 1. The Morgan fingerprint density at radius 1 is 1.15 bits per heavy atom. The molecule has 8 heteroatoms. The number of aliphatic imine (C=N–C) groups is 1. The van der Waals surface area contributed by atoms with Crippen molar-refractivity contribution in [2.45, 2.75) is 6.54 Å². The normalized spacial score (nSPS) is 11.1. The summed E-state index contributed by atoms with van der Waals surface area (Å²) >= 11 is 0. The van der Waals surface area contributed by atoms with Gasteiger partial charge >= 0.3 is 0 Å². The highest BCUT2D eigenvalue weighted by atomic mass is 127. The van der Waals surface area contributed by atoms with E-state index in [1.165, 1.54) is 12.1 Å². The standard InChI is InChI=1S/C19H25FN4O2.HI/c1-24(13-14-4-6-15(20)7-5-14)11-10-22-19(21)23-17-12-16(25-2)8-9-18(17)26-3;/h4-9,12H,10-11,13H2,1-3H3,(H3,21,22,23);1H. The first-order chi connectivity index (χ1) is 12.5. The van der Waals surface area contributed by atoms with Gasteiger partial charge in [0.15, 0.2) is 5.96 Å². The lowest BCUT2D eigenvalue weighted by atomic mass is 10.2. The first-order valence-corrected chi connectivity index (χ1v) is 8.23. The minimum Gasteiger partial charge on any atom is -0.497 e. The Kier molecular flexibility index (Phi) is 9.87. The van der Waals surface area contributed by atoms with Gasteiger partial charge in [-0.25, -0.2) is 4.39 Å². The summed E-state index contributed by atoms with van der Waals surface area (Å²) in [7, 11) is 5.16. The van der Waals surface area contributed by atoms with Crippen LogP contribution in [-0.2, 0) is 6.54 Å². The molecule has 148 valence electrons. The van der Waals surface area contributed by atoms with E-state index in [0.29, 0.717) is 36.2 Å². The Hall–Kier alpha value is -2.07. The highest BCUT2D eigenvalue weighted by Crippen LogP contribution is 2.28. The molecule has 0 saturated carbocycles. The highest BCUT2D eigenvalue weighted by Gasteiger charge is 2.06. The lowest BCUT2D eigenvalue weighted by molar-refractivity contribution is 0.336. The van der Waals surface area contributed by atoms with Gasteiger partial charge < -0.3 is 25.4 Å². The summed E-state index contributed by atoms with van der Waals surface area (Å²) in [5, 5.41) is 3.03. The van der Waals surface area contributed by atoms with Gasteiger partial charge in [0.05, 0.1) is 26.5 Å². The molecule has 2 aromatic carbocycles. The molecule has 6 nitrogen and oxygen atoms in total. The van der Waals surface area contributed by atoms with Crippen LogP contribution in [0.5, 0.6) is 11.5 Å². The quantitative estimate of drug-likeness (QED) is 0.339. The van der Waals surface area contributed by atoms with Crippen LogP contribution in [0.1, 0.15) is 5.56 Å². The van der Waals surface area contributed by atoms with E-state index in [1.807, 2.05) is 13.1 Å². The van der Waals surface area contributed by atoms with Gasteiger partial charge in [-0.05, 0) is 36.9 Å². The summed E-state index contributed by atoms with van der Waals surface area (Å²) in [4.78, 5) is 6.42. The molecule has 0 aromatic heterocycles. The Bertz CT molecular complexity index is 741. The smallest absolute Gasteiger partial charge is 0.193 e. The van der Waals surface area contributed by atoms with E-state index in [0.717, 1.165) is 12.1 Å². The molecule has 0 unspecified atom stereocenters. The maximum Gasteiger partial charge on any atom is 0.193 e. The predicted octanol–water partition coefficient (Wildman–Crippen LogP) is 3.32. The molecule has 0 spiro atoms. The molecule has 0 aliphatic heterocycles. The van der Waals surface area contributed by atoms with E-state index in [1.54, 1.807) is 38.5 Å². The maximum atomic E-state index is 12.9. The van der Waals surface area contributed by atoms with Crippen molar-refractivity contribution in [1.29, 1.82) is 0 Å². The summed E-state index contributed by atoms with van der Waals surface area (Å²) in [6.45, 7) is 1.96. The van der Waals surface area contributed by atoms with E-state index >= 15 is 0 Å². The van der Waals surface area contributed by atoms with Crippen LogP contribution in [0.3, 0.4) is 0 Å². The van der Waals surface area contributed by atoms with E-state index in [4.69, 9.17) is 15.2 Å². The van der Waals surface area contributed by atoms with Crippen molar-refractivity contribution >= 4 is 35.6 Å². The second-order valence-electron chi connectivity index (χ2n) is 5.82. The number of nitrogens with zero attached hydrogens (tertiary/aromatic N) is 2. The number of rotatable bonds is 8. The van der Waals surface area contributed by atoms with Crippen LogP contribution in [0.25, 0.3) is 0 Å². The average Bonchev–Trinajstić information content (AvgIpc) is 2.63. The fourth-order valence-corrected chi connectivity index (χ4v) is 2.41. The van der Waals surface area contributed by atoms with Gasteiger partial charge in [-0.15, -0.1) is 24.0 Å². The topological polar surface area (TPSA) is 72.1 Å². The highest BCUT2D eigenvalue weighted by molar-refractivity contribution is 14.0. The van der Waals surface area contributed by atoms with Crippen LogP contribution >= 0.6 is 24.0 Å². The zero-order valence-corrected chi connectivity index (χ0v) is 18.1. The summed E-state index contributed by atoms with van der Waals surface area (Å²) in [6.07, 6.45) is 0. The number of halogens is 2. The van der Waals surface area contributed by atoms with Crippen LogP contribution in [-0.4, -0.2) is 45.2 Å². The molecular weight excluding hydrogens is 462 g/mol. The van der Waals surface area contributed by atoms with Gasteiger partial charge in [-0.2, -0.15) is 0 Å². The Balaban J connectivity index is 0.00000364. The lowest BCUT2D eigenvalue weighted by Gasteiger charge is -2.16. The van der Waals surface area contributed by atoms with Crippen molar-refractivity contribution in [3.8, 4) is 11.5 Å². The zero-order chi connectivity index (χ0) is 18.9. The fraction of sp³-hybridized carbons (Fsp3) is 0.316. The third-order valence-electron chi connectivity index (χ3n) is 3.80. The Labute approximate surface area is 176 Å². The number of ether oxygens (including phenoxy) is 2. The van der Waals surface area contributed by atoms with E-state index < -0.39 is 0 Å². The number of likely N-dealkylation sites (N-methyl/N-ethyl adjacent to an activating group) is 1. The molecule has 2 aromatic rings. The van der Waals surface area contributed by atoms with Gasteiger partial charge in [-0.1, -0.05) is 12.1 Å². The number of anilines is 1. The molecule has 2 rings (SSSR count). The average molecular weight is 488 g/mol. The first-order valence-electron chi connectivity index (χ1n) is 8.23. The number of hydrogen-bond donors (Lipinski definition) is 2. The summed E-state index contributed by atoms with van der Waals surface area (Å²) < 4.78 is 23.4. The van der Waals surface area contributed by atoms with E-state index in [-0.39, 0.29) is 29.8 Å². The van der Waals surface area contributed by atoms with Crippen LogP contribution in [0.2, 0.25) is 0 Å². The molecule has 0 heterocycles. The molecule has 0 radical (unpaired) electrons. The van der Waals surface area contributed by atoms with Crippen molar-refractivity contribution in [2.75, 3.05) is 39.7 Å². The first kappa shape index (κ1) is 23.0. The number of guanidine groups is 1. The number of methoxy groups -OCH3 is 2. The third-order valence-corrected chi connectivity index (χ3v) is 3.80. The fourth-order valence-electron chi connectivity index (χ4n) is 2.41. The van der Waals surface area contributed by atoms with E-state index in [9.17, 15) is 4.39 Å². The second-order valence-corrected chi connectivity index (χ2v) is 5.82. The molecule has 3 N–H and O–H groups in total. The Morgan fingerprint density at radius 2 is 1.85 bits per heavy atom. The minimum atomic E-state index is -0.229. The van der Waals surface area contributed by atoms with Crippen molar-refractivity contribution in [3.05, 3.63) is 53.8 Å². The summed E-state index contributed by atoms with van der Waals surface area (Å²) in [6, 6.07) is 11.9. The lowest BCUT2D eigenvalue weighted by Crippen LogP contribution is -2.26. The SMILES string of the molecule is COc1ccc(OC)c(NC(N)=NCCN(C)Cc2ccc(F)cc2)c1.I. The molecule has 27 heavy (non-hydrogen) atoms. The number of benzene rings is 2. The van der Waals surface area contributed by atoms with Crippen molar-refractivity contribution in [1.82, 2.24) is 4.90 Å². The maximum absolute atomic E-state index is 12.9. The van der Waals surface area contributed by atoms with Crippen molar-refractivity contribution in [3.63, 3.8) is 0 Å². The third kappa shape index (κ3) is 7.59. The van der Waals surface area contributed by atoms with Crippen molar-refractivity contribution < 1.29 is 13.9 Å². The molecule has 0 atom stereocenters. The zero-order valence-electron chi connectivity index (χ0n) is 15.7. The van der Waals surface area contributed by atoms with Gasteiger partial charge in [0.1, 0.15) is 17.3 Å². The molecule has 0 aliphatic rings. The summed E-state index contributed by atoms with van der Waals surface area (Å²) in [5.74, 6) is 1.41. The van der Waals surface area contributed by atoms with E-state index in [2.05, 4.69) is 15.2 Å². The number of nitrogens with one attached hydrogen (secondary N) is 1. The largest absolute Gasteiger partial charge is 0.497 e. The van der Waals surface area contributed by atoms with Gasteiger partial charge in [0, 0.05) is 19.2 Å². The minimum absolute atomic E-state index is 0. The van der Waals surface area contributed by atoms with Crippen LogP contribution < -0.4 is 20.5 Å². The summed E-state index contributed by atoms with van der Waals surface area (Å²) in [5.41, 5.74) is 7.69. The van der Waals surface area contributed by atoms with Gasteiger partial charge in [-0.3, -0.25) is 4.99 Å². The van der Waals surface area contributed by atoms with Gasteiger partial charge in [0.2, 0.25) is 0 Å².